The first-order valence-corrected chi connectivity index (χ1v) is 8.52. The summed E-state index contributed by atoms with van der Waals surface area (Å²) in [6.07, 6.45) is 0. The van der Waals surface area contributed by atoms with Gasteiger partial charge < -0.3 is 10.1 Å². The van der Waals surface area contributed by atoms with Crippen LogP contribution in [-0.2, 0) is 6.54 Å². The first-order valence-electron chi connectivity index (χ1n) is 7.70. The Bertz CT molecular complexity index is 867. The van der Waals surface area contributed by atoms with Crippen molar-refractivity contribution in [2.75, 3.05) is 11.9 Å². The van der Waals surface area contributed by atoms with Gasteiger partial charge in [-0.2, -0.15) is 0 Å². The van der Waals surface area contributed by atoms with E-state index in [0.717, 1.165) is 21.3 Å². The third kappa shape index (κ3) is 4.10. The molecule has 3 aromatic rings. The number of nitrogens with zero attached hydrogens (tertiary/aromatic N) is 3. The molecule has 3 rings (SSSR count). The molecule has 0 aliphatic rings. The summed E-state index contributed by atoms with van der Waals surface area (Å²) >= 11 is 1.50. The summed E-state index contributed by atoms with van der Waals surface area (Å²) in [4.78, 5) is 10.6. The molecule has 0 fully saturated rings. The lowest BCUT2D eigenvalue weighted by molar-refractivity contribution is -0.385. The van der Waals surface area contributed by atoms with Crippen LogP contribution in [0.25, 0.3) is 10.6 Å². The van der Waals surface area contributed by atoms with Crippen molar-refractivity contribution in [1.29, 1.82) is 0 Å². The number of nitro benzene ring substituents is 1. The molecule has 0 unspecified atom stereocenters. The zero-order chi connectivity index (χ0) is 17.6. The molecular formula is C17H16N4O3S. The van der Waals surface area contributed by atoms with Gasteiger partial charge in [0.05, 0.1) is 18.1 Å². The van der Waals surface area contributed by atoms with Crippen molar-refractivity contribution in [3.8, 4) is 16.3 Å². The molecule has 1 N–H and O–H groups in total. The van der Waals surface area contributed by atoms with Gasteiger partial charge in [0.15, 0.2) is 5.75 Å². The molecule has 0 atom stereocenters. The Labute approximate surface area is 148 Å². The summed E-state index contributed by atoms with van der Waals surface area (Å²) in [5.41, 5.74) is 1.71. The maximum atomic E-state index is 11.0. The SMILES string of the molecule is CCOc1cc(NCc2nnc(-c3ccccc3)s2)ccc1[N+](=O)[O-]. The van der Waals surface area contributed by atoms with E-state index < -0.39 is 4.92 Å². The van der Waals surface area contributed by atoms with E-state index in [-0.39, 0.29) is 11.4 Å². The van der Waals surface area contributed by atoms with Crippen LogP contribution in [0.4, 0.5) is 11.4 Å². The molecular weight excluding hydrogens is 340 g/mol. The summed E-state index contributed by atoms with van der Waals surface area (Å²) in [7, 11) is 0. The Kier molecular flexibility index (Phi) is 5.20. The molecule has 0 spiro atoms. The number of nitrogens with one attached hydrogen (secondary N) is 1. The summed E-state index contributed by atoms with van der Waals surface area (Å²) in [6.45, 7) is 2.63. The van der Waals surface area contributed by atoms with Crippen molar-refractivity contribution in [3.05, 3.63) is 63.7 Å². The topological polar surface area (TPSA) is 90.2 Å². The van der Waals surface area contributed by atoms with Crippen molar-refractivity contribution in [2.24, 2.45) is 0 Å². The summed E-state index contributed by atoms with van der Waals surface area (Å²) in [5.74, 6) is 0.250. The zero-order valence-electron chi connectivity index (χ0n) is 13.5. The van der Waals surface area contributed by atoms with Gasteiger partial charge in [-0.1, -0.05) is 41.7 Å². The van der Waals surface area contributed by atoms with E-state index in [9.17, 15) is 10.1 Å². The molecule has 0 aliphatic heterocycles. The minimum Gasteiger partial charge on any atom is -0.487 e. The first-order chi connectivity index (χ1) is 12.2. The highest BCUT2D eigenvalue weighted by Crippen LogP contribution is 2.30. The van der Waals surface area contributed by atoms with Crippen LogP contribution in [0, 0.1) is 10.1 Å². The third-order valence-corrected chi connectivity index (χ3v) is 4.36. The van der Waals surface area contributed by atoms with Gasteiger partial charge in [0.1, 0.15) is 10.0 Å². The van der Waals surface area contributed by atoms with Gasteiger partial charge in [-0.05, 0) is 13.0 Å². The van der Waals surface area contributed by atoms with E-state index in [0.29, 0.717) is 13.2 Å². The normalized spacial score (nSPS) is 10.4. The first kappa shape index (κ1) is 16.8. The molecule has 0 bridgehead atoms. The van der Waals surface area contributed by atoms with E-state index in [1.165, 1.54) is 17.4 Å². The fourth-order valence-electron chi connectivity index (χ4n) is 2.25. The Balaban J connectivity index is 1.70. The number of benzene rings is 2. The number of rotatable bonds is 7. The van der Waals surface area contributed by atoms with Crippen LogP contribution in [0.3, 0.4) is 0 Å². The standard InChI is InChI=1S/C17H16N4O3S/c1-2-24-15-10-13(8-9-14(15)21(22)23)18-11-16-19-20-17(25-16)12-6-4-3-5-7-12/h3-10,18H,2,11H2,1H3. The lowest BCUT2D eigenvalue weighted by Crippen LogP contribution is -2.02. The molecule has 0 aliphatic carbocycles. The van der Waals surface area contributed by atoms with Crippen molar-refractivity contribution in [1.82, 2.24) is 10.2 Å². The molecule has 0 saturated heterocycles. The third-order valence-electron chi connectivity index (χ3n) is 3.39. The molecule has 0 radical (unpaired) electrons. The van der Waals surface area contributed by atoms with E-state index in [1.807, 2.05) is 30.3 Å². The molecule has 128 valence electrons. The summed E-state index contributed by atoms with van der Waals surface area (Å²) in [6, 6.07) is 14.6. The molecule has 2 aromatic carbocycles. The average molecular weight is 356 g/mol. The van der Waals surface area contributed by atoms with Crippen molar-refractivity contribution in [3.63, 3.8) is 0 Å². The van der Waals surface area contributed by atoms with Gasteiger partial charge in [-0.15, -0.1) is 10.2 Å². The van der Waals surface area contributed by atoms with Crippen LogP contribution < -0.4 is 10.1 Å². The molecule has 1 heterocycles. The lowest BCUT2D eigenvalue weighted by atomic mass is 10.2. The molecule has 0 saturated carbocycles. The number of anilines is 1. The van der Waals surface area contributed by atoms with E-state index in [1.54, 1.807) is 19.1 Å². The lowest BCUT2D eigenvalue weighted by Gasteiger charge is -2.08. The van der Waals surface area contributed by atoms with Crippen LogP contribution >= 0.6 is 11.3 Å². The maximum Gasteiger partial charge on any atom is 0.311 e. The second-order valence-corrected chi connectivity index (χ2v) is 6.16. The minimum atomic E-state index is -0.453. The number of aromatic nitrogens is 2. The van der Waals surface area contributed by atoms with Crippen LogP contribution in [0.2, 0.25) is 0 Å². The van der Waals surface area contributed by atoms with E-state index >= 15 is 0 Å². The number of nitro groups is 1. The average Bonchev–Trinajstić information content (AvgIpc) is 3.10. The fraction of sp³-hybridized carbons (Fsp3) is 0.176. The fourth-order valence-corrected chi connectivity index (χ4v) is 3.03. The predicted molar refractivity (Wildman–Crippen MR) is 96.9 cm³/mol. The maximum absolute atomic E-state index is 11.0. The van der Waals surface area contributed by atoms with Gasteiger partial charge in [-0.3, -0.25) is 10.1 Å². The predicted octanol–water partition coefficient (Wildman–Crippen LogP) is 4.12. The molecule has 1 aromatic heterocycles. The Hall–Kier alpha value is -3.00. The molecule has 25 heavy (non-hydrogen) atoms. The highest BCUT2D eigenvalue weighted by Gasteiger charge is 2.15. The Morgan fingerprint density at radius 1 is 1.20 bits per heavy atom. The van der Waals surface area contributed by atoms with Gasteiger partial charge in [0.2, 0.25) is 0 Å². The summed E-state index contributed by atoms with van der Waals surface area (Å²) < 4.78 is 5.35. The number of hydrogen-bond acceptors (Lipinski definition) is 7. The van der Waals surface area contributed by atoms with Crippen LogP contribution in [0.15, 0.2) is 48.5 Å². The van der Waals surface area contributed by atoms with E-state index in [4.69, 9.17) is 4.74 Å². The van der Waals surface area contributed by atoms with Gasteiger partial charge in [0.25, 0.3) is 0 Å². The molecule has 7 nitrogen and oxygen atoms in total. The second-order valence-electron chi connectivity index (χ2n) is 5.09. The number of ether oxygens (including phenoxy) is 1. The van der Waals surface area contributed by atoms with Crippen molar-refractivity contribution in [2.45, 2.75) is 13.5 Å². The molecule has 8 heteroatoms. The highest BCUT2D eigenvalue weighted by atomic mass is 32.1. The Morgan fingerprint density at radius 2 is 2.00 bits per heavy atom. The van der Waals surface area contributed by atoms with Gasteiger partial charge >= 0.3 is 5.69 Å². The van der Waals surface area contributed by atoms with Crippen molar-refractivity contribution < 1.29 is 9.66 Å². The summed E-state index contributed by atoms with van der Waals surface area (Å²) in [5, 5.41) is 24.3. The highest BCUT2D eigenvalue weighted by molar-refractivity contribution is 7.14. The van der Waals surface area contributed by atoms with E-state index in [2.05, 4.69) is 15.5 Å². The molecule has 0 amide bonds. The van der Waals surface area contributed by atoms with Crippen LogP contribution in [0.5, 0.6) is 5.75 Å². The zero-order valence-corrected chi connectivity index (χ0v) is 14.3. The van der Waals surface area contributed by atoms with Crippen LogP contribution in [-0.4, -0.2) is 21.7 Å². The van der Waals surface area contributed by atoms with Crippen LogP contribution in [0.1, 0.15) is 11.9 Å². The van der Waals surface area contributed by atoms with Gasteiger partial charge in [0, 0.05) is 23.4 Å². The number of hydrogen-bond donors (Lipinski definition) is 1. The van der Waals surface area contributed by atoms with Gasteiger partial charge in [-0.25, -0.2) is 0 Å². The Morgan fingerprint density at radius 3 is 2.72 bits per heavy atom. The second kappa shape index (κ2) is 7.71. The van der Waals surface area contributed by atoms with Crippen molar-refractivity contribution >= 4 is 22.7 Å². The minimum absolute atomic E-state index is 0.0466. The quantitative estimate of drug-likeness (QED) is 0.506. The smallest absolute Gasteiger partial charge is 0.311 e. The monoisotopic (exact) mass is 356 g/mol. The largest absolute Gasteiger partial charge is 0.487 e.